The highest BCUT2D eigenvalue weighted by Crippen LogP contribution is 2.20. The van der Waals surface area contributed by atoms with E-state index < -0.39 is 0 Å². The van der Waals surface area contributed by atoms with Crippen LogP contribution in [0.25, 0.3) is 0 Å². The fourth-order valence-electron chi connectivity index (χ4n) is 4.04. The largest absolute Gasteiger partial charge is 0.376 e. The number of hydrogen-bond donors (Lipinski definition) is 1. The Hall–Kier alpha value is -2.03. The van der Waals surface area contributed by atoms with E-state index in [0.29, 0.717) is 24.4 Å². The second-order valence-corrected chi connectivity index (χ2v) is 7.99. The molecule has 0 bridgehead atoms. The molecule has 0 radical (unpaired) electrons. The molecule has 2 aliphatic rings. The van der Waals surface area contributed by atoms with Gasteiger partial charge in [-0.05, 0) is 42.6 Å². The maximum atomic E-state index is 11.3. The van der Waals surface area contributed by atoms with Gasteiger partial charge in [0.15, 0.2) is 4.77 Å². The molecule has 1 amide bonds. The summed E-state index contributed by atoms with van der Waals surface area (Å²) in [6.07, 6.45) is 4.09. The molecular weight excluding hydrogens is 374 g/mol. The number of rotatable bonds is 7. The van der Waals surface area contributed by atoms with Gasteiger partial charge in [-0.3, -0.25) is 9.69 Å². The van der Waals surface area contributed by atoms with E-state index in [1.807, 2.05) is 9.25 Å². The maximum absolute atomic E-state index is 11.3. The quantitative estimate of drug-likeness (QED) is 0.718. The normalized spacial score (nSPS) is 19.6. The minimum Gasteiger partial charge on any atom is -0.376 e. The van der Waals surface area contributed by atoms with Crippen LogP contribution in [0.1, 0.15) is 36.2 Å². The van der Waals surface area contributed by atoms with Gasteiger partial charge in [0.2, 0.25) is 5.91 Å². The van der Waals surface area contributed by atoms with Crippen molar-refractivity contribution < 1.29 is 9.53 Å². The molecule has 1 saturated heterocycles. The molecule has 0 aliphatic carbocycles. The molecule has 1 fully saturated rings. The molecule has 1 atom stereocenters. The molecule has 1 aromatic carbocycles. The van der Waals surface area contributed by atoms with E-state index in [0.717, 1.165) is 44.8 Å². The summed E-state index contributed by atoms with van der Waals surface area (Å²) < 4.78 is 10.4. The number of amides is 1. The van der Waals surface area contributed by atoms with E-state index in [2.05, 4.69) is 29.2 Å². The maximum Gasteiger partial charge on any atom is 0.217 e. The SMILES string of the molecule is NC(=O)CCc1nn(CN2CCc3ccccc3C2)c(=S)n1C[C@H]1CCCO1. The summed E-state index contributed by atoms with van der Waals surface area (Å²) >= 11 is 5.74. The first kappa shape index (κ1) is 19.3. The first-order chi connectivity index (χ1) is 13.6. The highest BCUT2D eigenvalue weighted by molar-refractivity contribution is 7.71. The topological polar surface area (TPSA) is 78.3 Å². The van der Waals surface area contributed by atoms with E-state index >= 15 is 0 Å². The summed E-state index contributed by atoms with van der Waals surface area (Å²) in [6.45, 7) is 4.02. The Morgan fingerprint density at radius 1 is 1.32 bits per heavy atom. The van der Waals surface area contributed by atoms with E-state index in [9.17, 15) is 4.79 Å². The van der Waals surface area contributed by atoms with Crippen molar-refractivity contribution in [3.63, 3.8) is 0 Å². The summed E-state index contributed by atoms with van der Waals surface area (Å²) in [5, 5.41) is 4.74. The average molecular weight is 402 g/mol. The number of ether oxygens (including phenoxy) is 1. The van der Waals surface area contributed by atoms with Gasteiger partial charge in [-0.25, -0.2) is 4.68 Å². The molecular formula is C20H27N5O2S. The van der Waals surface area contributed by atoms with Gasteiger partial charge < -0.3 is 15.0 Å². The zero-order chi connectivity index (χ0) is 19.5. The highest BCUT2D eigenvalue weighted by Gasteiger charge is 2.22. The van der Waals surface area contributed by atoms with Gasteiger partial charge in [0, 0.05) is 32.5 Å². The standard InChI is InChI=1S/C20H27N5O2S/c21-18(26)7-8-19-22-25(20(28)24(19)13-17-6-3-11-27-17)14-23-10-9-15-4-1-2-5-16(15)12-23/h1-2,4-5,17H,3,6-14H2,(H2,21,26)/t17-/m1/s1. The predicted octanol–water partition coefficient (Wildman–Crippen LogP) is 2.03. The fourth-order valence-corrected chi connectivity index (χ4v) is 4.32. The fraction of sp³-hybridized carbons (Fsp3) is 0.550. The lowest BCUT2D eigenvalue weighted by Crippen LogP contribution is -2.32. The number of nitrogens with two attached hydrogens (primary N) is 1. The van der Waals surface area contributed by atoms with E-state index in [1.165, 1.54) is 11.1 Å². The number of benzene rings is 1. The molecule has 0 unspecified atom stereocenters. The van der Waals surface area contributed by atoms with Crippen LogP contribution in [-0.2, 0) is 42.1 Å². The van der Waals surface area contributed by atoms with Crippen molar-refractivity contribution in [2.24, 2.45) is 5.73 Å². The van der Waals surface area contributed by atoms with Gasteiger partial charge >= 0.3 is 0 Å². The van der Waals surface area contributed by atoms with Crippen molar-refractivity contribution in [1.29, 1.82) is 0 Å². The van der Waals surface area contributed by atoms with Gasteiger partial charge in [0.25, 0.3) is 0 Å². The molecule has 8 heteroatoms. The molecule has 1 aromatic heterocycles. The molecule has 3 heterocycles. The molecule has 2 N–H and O–H groups in total. The van der Waals surface area contributed by atoms with Gasteiger partial charge in [-0.2, -0.15) is 5.10 Å². The van der Waals surface area contributed by atoms with E-state index in [1.54, 1.807) is 0 Å². The number of carbonyl (C=O) groups is 1. The zero-order valence-electron chi connectivity index (χ0n) is 16.0. The number of aromatic nitrogens is 3. The van der Waals surface area contributed by atoms with Crippen LogP contribution in [0.5, 0.6) is 0 Å². The summed E-state index contributed by atoms with van der Waals surface area (Å²) in [5.41, 5.74) is 8.14. The van der Waals surface area contributed by atoms with Crippen LogP contribution in [-0.4, -0.2) is 44.4 Å². The van der Waals surface area contributed by atoms with Crippen LogP contribution >= 0.6 is 12.2 Å². The lowest BCUT2D eigenvalue weighted by Gasteiger charge is -2.28. The van der Waals surface area contributed by atoms with Gasteiger partial charge in [0.05, 0.1) is 19.3 Å². The number of nitrogens with zero attached hydrogens (tertiary/aromatic N) is 4. The zero-order valence-corrected chi connectivity index (χ0v) is 16.9. The molecule has 0 spiro atoms. The van der Waals surface area contributed by atoms with E-state index in [4.69, 9.17) is 27.8 Å². The second-order valence-electron chi connectivity index (χ2n) is 7.62. The number of primary amides is 1. The molecule has 4 rings (SSSR count). The molecule has 150 valence electrons. The summed E-state index contributed by atoms with van der Waals surface area (Å²) in [5.74, 6) is 0.494. The van der Waals surface area contributed by atoms with Gasteiger partial charge in [-0.15, -0.1) is 0 Å². The lowest BCUT2D eigenvalue weighted by atomic mass is 10.0. The molecule has 2 aliphatic heterocycles. The van der Waals surface area contributed by atoms with Crippen LogP contribution in [0, 0.1) is 4.77 Å². The first-order valence-corrected chi connectivity index (χ1v) is 10.4. The predicted molar refractivity (Wildman–Crippen MR) is 108 cm³/mol. The van der Waals surface area contributed by atoms with Crippen molar-refractivity contribution in [2.45, 2.75) is 58.0 Å². The summed E-state index contributed by atoms with van der Waals surface area (Å²) in [6, 6.07) is 8.58. The van der Waals surface area contributed by atoms with Crippen LogP contribution in [0.2, 0.25) is 0 Å². The molecule has 0 saturated carbocycles. The molecule has 28 heavy (non-hydrogen) atoms. The number of aryl methyl sites for hydroxylation is 1. The number of fused-ring (bicyclic) bond motifs is 1. The Bertz CT molecular complexity index is 900. The minimum absolute atomic E-state index is 0.165. The second kappa shape index (κ2) is 8.55. The monoisotopic (exact) mass is 401 g/mol. The Balaban J connectivity index is 1.53. The third-order valence-electron chi connectivity index (χ3n) is 5.55. The van der Waals surface area contributed by atoms with Crippen molar-refractivity contribution >= 4 is 18.1 Å². The van der Waals surface area contributed by atoms with Crippen LogP contribution in [0.4, 0.5) is 0 Å². The highest BCUT2D eigenvalue weighted by atomic mass is 32.1. The van der Waals surface area contributed by atoms with Gasteiger partial charge in [-0.1, -0.05) is 24.3 Å². The Morgan fingerprint density at radius 2 is 2.14 bits per heavy atom. The number of carbonyl (C=O) groups excluding carboxylic acids is 1. The smallest absolute Gasteiger partial charge is 0.217 e. The summed E-state index contributed by atoms with van der Waals surface area (Å²) in [4.78, 5) is 13.6. The Morgan fingerprint density at radius 3 is 2.89 bits per heavy atom. The molecule has 2 aromatic rings. The van der Waals surface area contributed by atoms with Crippen molar-refractivity contribution in [3.05, 3.63) is 46.0 Å². The van der Waals surface area contributed by atoms with E-state index in [-0.39, 0.29) is 18.4 Å². The Labute approximate surface area is 170 Å². The first-order valence-electron chi connectivity index (χ1n) is 9.95. The third kappa shape index (κ3) is 4.34. The van der Waals surface area contributed by atoms with Gasteiger partial charge in [0.1, 0.15) is 5.82 Å². The molecule has 7 nitrogen and oxygen atoms in total. The third-order valence-corrected chi connectivity index (χ3v) is 5.98. The van der Waals surface area contributed by atoms with Crippen LogP contribution < -0.4 is 5.73 Å². The average Bonchev–Trinajstić information content (AvgIpc) is 3.30. The minimum atomic E-state index is -0.322. The van der Waals surface area contributed by atoms with Crippen LogP contribution in [0.3, 0.4) is 0 Å². The van der Waals surface area contributed by atoms with Crippen LogP contribution in [0.15, 0.2) is 24.3 Å². The van der Waals surface area contributed by atoms with Crippen molar-refractivity contribution in [3.8, 4) is 0 Å². The summed E-state index contributed by atoms with van der Waals surface area (Å²) in [7, 11) is 0. The lowest BCUT2D eigenvalue weighted by molar-refractivity contribution is -0.118. The van der Waals surface area contributed by atoms with Crippen molar-refractivity contribution in [1.82, 2.24) is 19.2 Å². The van der Waals surface area contributed by atoms with Crippen molar-refractivity contribution in [2.75, 3.05) is 13.2 Å². The Kier molecular flexibility index (Phi) is 5.89. The number of hydrogen-bond acceptors (Lipinski definition) is 5.